The third-order valence-electron chi connectivity index (χ3n) is 2.38. The van der Waals surface area contributed by atoms with Gasteiger partial charge in [0, 0.05) is 6.42 Å². The predicted octanol–water partition coefficient (Wildman–Crippen LogP) is 3.02. The van der Waals surface area contributed by atoms with Gasteiger partial charge in [0.25, 0.3) is 0 Å². The van der Waals surface area contributed by atoms with E-state index in [0.717, 1.165) is 31.3 Å². The maximum atomic E-state index is 11.3. The topological polar surface area (TPSA) is 17.1 Å². The van der Waals surface area contributed by atoms with Gasteiger partial charge in [-0.05, 0) is 38.7 Å². The van der Waals surface area contributed by atoms with E-state index in [1.54, 1.807) is 0 Å². The number of carbonyl (C=O) groups excluding carboxylic acids is 1. The molecule has 0 N–H and O–H groups in total. The van der Waals surface area contributed by atoms with Gasteiger partial charge in [0.15, 0.2) is 5.78 Å². The fourth-order valence-electron chi connectivity index (χ4n) is 1.59. The van der Waals surface area contributed by atoms with E-state index >= 15 is 0 Å². The number of hydrogen-bond donors (Lipinski definition) is 0. The van der Waals surface area contributed by atoms with Crippen LogP contribution in [0.4, 0.5) is 0 Å². The molecule has 0 bridgehead atoms. The molecule has 0 heterocycles. The van der Waals surface area contributed by atoms with Crippen LogP contribution in [-0.2, 0) is 4.79 Å². The zero-order valence-electron chi connectivity index (χ0n) is 7.89. The van der Waals surface area contributed by atoms with Crippen molar-refractivity contribution in [2.75, 3.05) is 0 Å². The molecule has 0 spiro atoms. The highest BCUT2D eigenvalue weighted by molar-refractivity contribution is 5.98. The van der Waals surface area contributed by atoms with Crippen molar-refractivity contribution >= 4 is 5.78 Å². The molecule has 0 aromatic carbocycles. The van der Waals surface area contributed by atoms with Gasteiger partial charge >= 0.3 is 0 Å². The lowest BCUT2D eigenvalue weighted by molar-refractivity contribution is -0.115. The number of allylic oxidation sites excluding steroid dienone is 4. The Morgan fingerprint density at radius 1 is 1.42 bits per heavy atom. The van der Waals surface area contributed by atoms with Crippen LogP contribution in [0.25, 0.3) is 0 Å². The second-order valence-electron chi connectivity index (χ2n) is 3.29. The lowest BCUT2D eigenvalue weighted by Crippen LogP contribution is -1.95. The molecule has 12 heavy (non-hydrogen) atoms. The van der Waals surface area contributed by atoms with Crippen molar-refractivity contribution in [3.05, 3.63) is 23.3 Å². The zero-order chi connectivity index (χ0) is 8.97. The molecule has 0 saturated carbocycles. The Kier molecular flexibility index (Phi) is 3.27. The average Bonchev–Trinajstić information content (AvgIpc) is 2.35. The Hall–Kier alpha value is -0.850. The van der Waals surface area contributed by atoms with E-state index in [0.29, 0.717) is 5.78 Å². The molecular formula is C11H16O. The highest BCUT2D eigenvalue weighted by Crippen LogP contribution is 2.25. The van der Waals surface area contributed by atoms with E-state index in [2.05, 4.69) is 13.0 Å². The van der Waals surface area contributed by atoms with Crippen LogP contribution in [-0.4, -0.2) is 5.78 Å². The first-order chi connectivity index (χ1) is 5.75. The molecule has 0 aromatic heterocycles. The van der Waals surface area contributed by atoms with Gasteiger partial charge in [-0.15, -0.1) is 0 Å². The summed E-state index contributed by atoms with van der Waals surface area (Å²) in [5, 5.41) is 0. The highest BCUT2D eigenvalue weighted by Gasteiger charge is 2.18. The van der Waals surface area contributed by atoms with Gasteiger partial charge in [0.05, 0.1) is 0 Å². The van der Waals surface area contributed by atoms with E-state index in [1.807, 2.05) is 13.0 Å². The van der Waals surface area contributed by atoms with Crippen molar-refractivity contribution < 1.29 is 4.79 Å². The van der Waals surface area contributed by atoms with E-state index in [4.69, 9.17) is 0 Å². The first kappa shape index (κ1) is 9.24. The molecule has 0 unspecified atom stereocenters. The molecule has 1 rings (SSSR count). The summed E-state index contributed by atoms with van der Waals surface area (Å²) in [7, 11) is 0. The smallest absolute Gasteiger partial charge is 0.159 e. The van der Waals surface area contributed by atoms with Crippen molar-refractivity contribution in [2.24, 2.45) is 0 Å². The van der Waals surface area contributed by atoms with Crippen molar-refractivity contribution in [2.45, 2.75) is 39.5 Å². The van der Waals surface area contributed by atoms with Crippen LogP contribution in [0.5, 0.6) is 0 Å². The number of rotatable bonds is 3. The molecule has 1 heteroatoms. The average molecular weight is 164 g/mol. The number of hydrogen-bond acceptors (Lipinski definition) is 1. The Morgan fingerprint density at radius 2 is 2.17 bits per heavy atom. The molecule has 0 aromatic rings. The Morgan fingerprint density at radius 3 is 2.67 bits per heavy atom. The Labute approximate surface area is 74.2 Å². The molecule has 1 aliphatic carbocycles. The van der Waals surface area contributed by atoms with Crippen LogP contribution in [0.3, 0.4) is 0 Å². The van der Waals surface area contributed by atoms with Crippen LogP contribution in [0.1, 0.15) is 39.5 Å². The minimum absolute atomic E-state index is 0.372. The standard InChI is InChI=1S/C11H16O/c1-3-4-5-6-10-9(2)7-8-11(10)12/h3-4H,5-8H2,1-2H3. The minimum Gasteiger partial charge on any atom is -0.295 e. The van der Waals surface area contributed by atoms with Gasteiger partial charge in [-0.2, -0.15) is 0 Å². The number of carbonyl (C=O) groups is 1. The van der Waals surface area contributed by atoms with Gasteiger partial charge in [-0.1, -0.05) is 17.7 Å². The molecule has 1 nitrogen and oxygen atoms in total. The molecular weight excluding hydrogens is 148 g/mol. The van der Waals surface area contributed by atoms with Gasteiger partial charge in [0.2, 0.25) is 0 Å². The summed E-state index contributed by atoms with van der Waals surface area (Å²) < 4.78 is 0. The Bertz CT molecular complexity index is 233. The predicted molar refractivity (Wildman–Crippen MR) is 51.0 cm³/mol. The maximum Gasteiger partial charge on any atom is 0.159 e. The SMILES string of the molecule is CC=CCCC1=C(C)CCC1=O. The summed E-state index contributed by atoms with van der Waals surface area (Å²) in [5.74, 6) is 0.372. The van der Waals surface area contributed by atoms with E-state index < -0.39 is 0 Å². The largest absolute Gasteiger partial charge is 0.295 e. The third-order valence-corrected chi connectivity index (χ3v) is 2.38. The molecule has 0 atom stereocenters. The summed E-state index contributed by atoms with van der Waals surface area (Å²) >= 11 is 0. The van der Waals surface area contributed by atoms with E-state index in [9.17, 15) is 4.79 Å². The molecule has 0 radical (unpaired) electrons. The quantitative estimate of drug-likeness (QED) is 0.586. The molecule has 0 aliphatic heterocycles. The van der Waals surface area contributed by atoms with E-state index in [1.165, 1.54) is 5.57 Å². The van der Waals surface area contributed by atoms with E-state index in [-0.39, 0.29) is 0 Å². The monoisotopic (exact) mass is 164 g/mol. The lowest BCUT2D eigenvalue weighted by Gasteiger charge is -1.98. The van der Waals surface area contributed by atoms with Crippen molar-refractivity contribution in [3.8, 4) is 0 Å². The van der Waals surface area contributed by atoms with Crippen LogP contribution in [0.15, 0.2) is 23.3 Å². The normalized spacial score (nSPS) is 18.3. The maximum absolute atomic E-state index is 11.3. The lowest BCUT2D eigenvalue weighted by atomic mass is 10.1. The van der Waals surface area contributed by atoms with Gasteiger partial charge < -0.3 is 0 Å². The number of Topliss-reactive ketones (excluding diaryl/α,β-unsaturated/α-hetero) is 1. The van der Waals surface area contributed by atoms with Gasteiger partial charge in [-0.25, -0.2) is 0 Å². The summed E-state index contributed by atoms with van der Waals surface area (Å²) in [6.45, 7) is 4.09. The third kappa shape index (κ3) is 2.07. The molecule has 1 aliphatic rings. The van der Waals surface area contributed by atoms with Crippen LogP contribution < -0.4 is 0 Å². The van der Waals surface area contributed by atoms with Crippen molar-refractivity contribution in [3.63, 3.8) is 0 Å². The number of ketones is 1. The minimum atomic E-state index is 0.372. The molecule has 0 amide bonds. The molecule has 66 valence electrons. The summed E-state index contributed by atoms with van der Waals surface area (Å²) in [4.78, 5) is 11.3. The van der Waals surface area contributed by atoms with Crippen molar-refractivity contribution in [1.29, 1.82) is 0 Å². The van der Waals surface area contributed by atoms with Gasteiger partial charge in [0.1, 0.15) is 0 Å². The summed E-state index contributed by atoms with van der Waals surface area (Å²) in [6.07, 6.45) is 7.84. The van der Waals surface area contributed by atoms with Gasteiger partial charge in [-0.3, -0.25) is 4.79 Å². The van der Waals surface area contributed by atoms with Crippen LogP contribution in [0.2, 0.25) is 0 Å². The summed E-state index contributed by atoms with van der Waals surface area (Å²) in [6, 6.07) is 0. The first-order valence-corrected chi connectivity index (χ1v) is 4.58. The fraction of sp³-hybridized carbons (Fsp3) is 0.545. The van der Waals surface area contributed by atoms with Crippen LogP contribution in [0, 0.1) is 0 Å². The molecule has 0 saturated heterocycles. The Balaban J connectivity index is 2.50. The summed E-state index contributed by atoms with van der Waals surface area (Å²) in [5.41, 5.74) is 2.40. The molecule has 0 fully saturated rings. The fourth-order valence-corrected chi connectivity index (χ4v) is 1.59. The van der Waals surface area contributed by atoms with Crippen LogP contribution >= 0.6 is 0 Å². The second-order valence-corrected chi connectivity index (χ2v) is 3.29. The zero-order valence-corrected chi connectivity index (χ0v) is 7.89. The highest BCUT2D eigenvalue weighted by atomic mass is 16.1. The van der Waals surface area contributed by atoms with Crippen molar-refractivity contribution in [1.82, 2.24) is 0 Å². The first-order valence-electron chi connectivity index (χ1n) is 4.58. The second kappa shape index (κ2) is 4.24.